The van der Waals surface area contributed by atoms with Crippen molar-refractivity contribution in [2.45, 2.75) is 13.8 Å². The van der Waals surface area contributed by atoms with Crippen molar-refractivity contribution in [3.8, 4) is 11.8 Å². The molecular weight excluding hydrogens is 394 g/mol. The molecular formula is C21H18F2N4OS. The van der Waals surface area contributed by atoms with Crippen molar-refractivity contribution < 1.29 is 13.3 Å². The van der Waals surface area contributed by atoms with Crippen molar-refractivity contribution in [2.75, 3.05) is 5.75 Å². The highest BCUT2D eigenvalue weighted by atomic mass is 32.2. The van der Waals surface area contributed by atoms with E-state index in [-0.39, 0.29) is 23.0 Å². The first-order valence-electron chi connectivity index (χ1n) is 8.85. The second-order valence-corrected chi connectivity index (χ2v) is 7.91. The number of nitrogens with zero attached hydrogens (tertiary/aromatic N) is 4. The molecule has 0 N–H and O–H groups in total. The maximum absolute atomic E-state index is 14.3. The van der Waals surface area contributed by atoms with Gasteiger partial charge < -0.3 is 4.55 Å². The second-order valence-electron chi connectivity index (χ2n) is 6.75. The van der Waals surface area contributed by atoms with Gasteiger partial charge in [-0.2, -0.15) is 5.26 Å². The quantitative estimate of drug-likeness (QED) is 0.450. The number of hydrogen-bond donors (Lipinski definition) is 0. The molecule has 1 heterocycles. The lowest BCUT2D eigenvalue weighted by atomic mass is 10.1. The van der Waals surface area contributed by atoms with Crippen LogP contribution in [0.5, 0.6) is 0 Å². The van der Waals surface area contributed by atoms with Crippen LogP contribution in [0.15, 0.2) is 59.4 Å². The van der Waals surface area contributed by atoms with E-state index < -0.39 is 17.2 Å². The fraction of sp³-hybridized carbons (Fsp3) is 0.190. The Labute approximate surface area is 170 Å². The van der Waals surface area contributed by atoms with Crippen LogP contribution in [-0.2, 0) is 11.4 Å². The van der Waals surface area contributed by atoms with Gasteiger partial charge in [0, 0.05) is 17.2 Å². The lowest BCUT2D eigenvalue weighted by molar-refractivity contribution is 0.583. The highest BCUT2D eigenvalue weighted by Gasteiger charge is 2.20. The van der Waals surface area contributed by atoms with Crippen LogP contribution >= 0.6 is 0 Å². The highest BCUT2D eigenvalue weighted by molar-refractivity contribution is 7.90. The van der Waals surface area contributed by atoms with E-state index in [1.54, 1.807) is 28.8 Å². The molecule has 1 aromatic heterocycles. The van der Waals surface area contributed by atoms with Gasteiger partial charge in [-0.15, -0.1) is 0 Å². The zero-order valence-corrected chi connectivity index (χ0v) is 16.7. The fourth-order valence-electron chi connectivity index (χ4n) is 2.70. The van der Waals surface area contributed by atoms with Gasteiger partial charge in [0.25, 0.3) is 0 Å². The van der Waals surface area contributed by atoms with Crippen molar-refractivity contribution in [3.05, 3.63) is 83.4 Å². The molecule has 0 radical (unpaired) electrons. The first-order chi connectivity index (χ1) is 13.9. The highest BCUT2D eigenvalue weighted by Crippen LogP contribution is 2.20. The summed E-state index contributed by atoms with van der Waals surface area (Å²) in [5, 5.41) is 8.98. The van der Waals surface area contributed by atoms with Crippen molar-refractivity contribution >= 4 is 17.1 Å². The van der Waals surface area contributed by atoms with E-state index in [9.17, 15) is 13.3 Å². The van der Waals surface area contributed by atoms with E-state index in [0.29, 0.717) is 22.7 Å². The van der Waals surface area contributed by atoms with Gasteiger partial charge in [-0.25, -0.2) is 13.8 Å². The Balaban J connectivity index is 2.13. The largest absolute Gasteiger partial charge is 0.591 e. The Morgan fingerprint density at radius 1 is 1.24 bits per heavy atom. The summed E-state index contributed by atoms with van der Waals surface area (Å²) < 4.78 is 46.1. The number of benzene rings is 2. The lowest BCUT2D eigenvalue weighted by Crippen LogP contribution is -2.16. The molecule has 0 saturated carbocycles. The van der Waals surface area contributed by atoms with Crippen molar-refractivity contribution in [1.82, 2.24) is 9.55 Å². The van der Waals surface area contributed by atoms with Crippen LogP contribution in [-0.4, -0.2) is 25.6 Å². The molecule has 0 aliphatic heterocycles. The molecule has 0 amide bonds. The number of aromatic nitrogens is 2. The summed E-state index contributed by atoms with van der Waals surface area (Å²) in [5.74, 6) is -0.579. The number of nitriles is 1. The van der Waals surface area contributed by atoms with Crippen LogP contribution < -0.4 is 0 Å². The summed E-state index contributed by atoms with van der Waals surface area (Å²) in [5.41, 5.74) is 1.63. The number of hydrogen-bond acceptors (Lipinski definition) is 4. The number of rotatable bonds is 6. The molecule has 8 heteroatoms. The minimum Gasteiger partial charge on any atom is -0.591 e. The molecule has 0 aliphatic carbocycles. The summed E-state index contributed by atoms with van der Waals surface area (Å²) in [6.45, 7) is 3.86. The number of imidazole rings is 1. The van der Waals surface area contributed by atoms with E-state index >= 15 is 0 Å². The van der Waals surface area contributed by atoms with Gasteiger partial charge in [-0.05, 0) is 36.4 Å². The van der Waals surface area contributed by atoms with Crippen LogP contribution in [0.25, 0.3) is 5.69 Å². The smallest absolute Gasteiger partial charge is 0.147 e. The van der Waals surface area contributed by atoms with Crippen molar-refractivity contribution in [2.24, 2.45) is 10.3 Å². The van der Waals surface area contributed by atoms with E-state index in [1.165, 1.54) is 36.8 Å². The van der Waals surface area contributed by atoms with Gasteiger partial charge in [0.2, 0.25) is 0 Å². The maximum Gasteiger partial charge on any atom is 0.147 e. The van der Waals surface area contributed by atoms with Crippen LogP contribution in [0.3, 0.4) is 0 Å². The Bertz CT molecular complexity index is 1070. The van der Waals surface area contributed by atoms with Gasteiger partial charge in [0.15, 0.2) is 0 Å². The molecule has 1 atom stereocenters. The molecule has 3 aromatic rings. The molecule has 0 spiro atoms. The minimum atomic E-state index is -1.55. The van der Waals surface area contributed by atoms with Gasteiger partial charge in [-0.3, -0.25) is 4.57 Å². The van der Waals surface area contributed by atoms with Crippen LogP contribution in [0.4, 0.5) is 8.78 Å². The van der Waals surface area contributed by atoms with Gasteiger partial charge in [-0.1, -0.05) is 24.3 Å². The third kappa shape index (κ3) is 4.88. The predicted molar refractivity (Wildman–Crippen MR) is 108 cm³/mol. The zero-order chi connectivity index (χ0) is 21.0. The van der Waals surface area contributed by atoms with Crippen LogP contribution in [0, 0.1) is 28.9 Å². The molecule has 0 fully saturated rings. The fourth-order valence-corrected chi connectivity index (χ4v) is 3.75. The standard InChI is InChI=1S/C21H18F2N4OS/c1-14(2)12-29(28)26-21(15-3-4-16(10-24)19(23)9-15)20-11-25-13-27(20)18-7-5-17(22)6-8-18/h3-9,11,13-14H,12H2,1-2H3/b26-21+. The van der Waals surface area contributed by atoms with E-state index in [0.717, 1.165) is 0 Å². The SMILES string of the molecule is CC(C)C[S+]([O-])/N=C(\c1ccc(C#N)c(F)c1)c1cncn1-c1ccc(F)cc1. The summed E-state index contributed by atoms with van der Waals surface area (Å²) in [6, 6.07) is 11.6. The van der Waals surface area contributed by atoms with Crippen LogP contribution in [0.2, 0.25) is 0 Å². The normalized spacial score (nSPS) is 12.8. The third-order valence-electron chi connectivity index (χ3n) is 4.02. The molecule has 1 unspecified atom stereocenters. The molecule has 5 nitrogen and oxygen atoms in total. The second kappa shape index (κ2) is 8.99. The zero-order valence-electron chi connectivity index (χ0n) is 15.8. The number of halogens is 2. The van der Waals surface area contributed by atoms with E-state index in [4.69, 9.17) is 5.26 Å². The third-order valence-corrected chi connectivity index (χ3v) is 5.36. The molecule has 29 heavy (non-hydrogen) atoms. The van der Waals surface area contributed by atoms with Crippen molar-refractivity contribution in [3.63, 3.8) is 0 Å². The molecule has 148 valence electrons. The molecule has 0 saturated heterocycles. The Morgan fingerprint density at radius 3 is 2.59 bits per heavy atom. The van der Waals surface area contributed by atoms with Gasteiger partial charge in [0.1, 0.15) is 29.2 Å². The first kappa shape index (κ1) is 20.7. The van der Waals surface area contributed by atoms with Gasteiger partial charge in [0.05, 0.1) is 35.1 Å². The summed E-state index contributed by atoms with van der Waals surface area (Å²) in [6.07, 6.45) is 3.04. The van der Waals surface area contributed by atoms with Gasteiger partial charge >= 0.3 is 0 Å². The average molecular weight is 412 g/mol. The van der Waals surface area contributed by atoms with E-state index in [1.807, 2.05) is 13.8 Å². The monoisotopic (exact) mass is 412 g/mol. The first-order valence-corrected chi connectivity index (χ1v) is 10.1. The van der Waals surface area contributed by atoms with Crippen molar-refractivity contribution in [1.29, 1.82) is 5.26 Å². The summed E-state index contributed by atoms with van der Waals surface area (Å²) in [4.78, 5) is 4.14. The topological polar surface area (TPSA) is 77.0 Å². The minimum absolute atomic E-state index is 0.0940. The molecule has 0 bridgehead atoms. The summed E-state index contributed by atoms with van der Waals surface area (Å²) >= 11 is -1.55. The lowest BCUT2D eigenvalue weighted by Gasteiger charge is -2.13. The Hall–Kier alpha value is -3.02. The van der Waals surface area contributed by atoms with E-state index in [2.05, 4.69) is 9.38 Å². The van der Waals surface area contributed by atoms with Crippen LogP contribution in [0.1, 0.15) is 30.7 Å². The molecule has 3 rings (SSSR count). The Kier molecular flexibility index (Phi) is 6.42. The molecule has 2 aromatic carbocycles. The average Bonchev–Trinajstić information content (AvgIpc) is 3.15. The molecule has 0 aliphatic rings. The Morgan fingerprint density at radius 2 is 1.97 bits per heavy atom. The maximum atomic E-state index is 14.3. The predicted octanol–water partition coefficient (Wildman–Crippen LogP) is 4.18. The summed E-state index contributed by atoms with van der Waals surface area (Å²) in [7, 11) is 0.